The van der Waals surface area contributed by atoms with Crippen molar-refractivity contribution >= 4 is 62.2 Å². The predicted molar refractivity (Wildman–Crippen MR) is 142 cm³/mol. The van der Waals surface area contributed by atoms with Gasteiger partial charge in [-0.15, -0.1) is 5.10 Å². The first-order chi connectivity index (χ1) is 17.1. The number of hydrogen-bond acceptors (Lipinski definition) is 6. The van der Waals surface area contributed by atoms with Crippen LogP contribution in [0.2, 0.25) is 0 Å². The van der Waals surface area contributed by atoms with Gasteiger partial charge in [-0.05, 0) is 51.9 Å². The lowest BCUT2D eigenvalue weighted by atomic mass is 9.97. The van der Waals surface area contributed by atoms with Crippen molar-refractivity contribution in [1.82, 2.24) is 5.32 Å². The molecule has 0 aliphatic carbocycles. The van der Waals surface area contributed by atoms with Gasteiger partial charge in [0.1, 0.15) is 11.0 Å². The summed E-state index contributed by atoms with van der Waals surface area (Å²) in [6.45, 7) is 0. The minimum absolute atomic E-state index is 0.0270. The quantitative estimate of drug-likeness (QED) is 0.231. The molecule has 1 unspecified atom stereocenters. The zero-order valence-electron chi connectivity index (χ0n) is 18.9. The van der Waals surface area contributed by atoms with Gasteiger partial charge in [-0.3, -0.25) is 9.59 Å². The Kier molecular flexibility index (Phi) is 6.45. The van der Waals surface area contributed by atoms with Crippen LogP contribution in [0.3, 0.4) is 0 Å². The van der Waals surface area contributed by atoms with Crippen molar-refractivity contribution in [2.45, 2.75) is 11.7 Å². The number of carbonyl (C=O) groups excluding carboxylic acids is 2. The number of ether oxygens (including phenoxy) is 1. The zero-order valence-corrected chi connectivity index (χ0v) is 19.7. The molecule has 7 nitrogen and oxygen atoms in total. The first-order valence-corrected chi connectivity index (χ1v) is 11.9. The van der Waals surface area contributed by atoms with E-state index in [2.05, 4.69) is 51.2 Å². The van der Waals surface area contributed by atoms with Crippen LogP contribution in [0, 0.1) is 0 Å². The summed E-state index contributed by atoms with van der Waals surface area (Å²) in [7, 11) is 1.58. The van der Waals surface area contributed by atoms with Crippen LogP contribution in [-0.4, -0.2) is 35.6 Å². The molecule has 0 spiro atoms. The van der Waals surface area contributed by atoms with E-state index >= 15 is 0 Å². The van der Waals surface area contributed by atoms with Crippen LogP contribution in [0.25, 0.3) is 21.5 Å². The van der Waals surface area contributed by atoms with Gasteiger partial charge in [0, 0.05) is 17.7 Å². The summed E-state index contributed by atoms with van der Waals surface area (Å²) in [5.74, 6) is 0.186. The Balaban J connectivity index is 1.29. The minimum atomic E-state index is -0.569. The maximum Gasteiger partial charge on any atom is 0.240 e. The molecule has 1 fully saturated rings. The highest BCUT2D eigenvalue weighted by Crippen LogP contribution is 2.28. The number of carbonyl (C=O) groups is 2. The fourth-order valence-electron chi connectivity index (χ4n) is 3.97. The molecule has 0 bridgehead atoms. The summed E-state index contributed by atoms with van der Waals surface area (Å²) >= 11 is 1.20. The molecule has 1 aliphatic rings. The number of rotatable bonds is 6. The van der Waals surface area contributed by atoms with Crippen LogP contribution in [0.5, 0.6) is 5.75 Å². The summed E-state index contributed by atoms with van der Waals surface area (Å²) in [6.07, 6.45) is 1.74. The molecule has 1 saturated heterocycles. The summed E-state index contributed by atoms with van der Waals surface area (Å²) in [5.41, 5.74) is 1.60. The fourth-order valence-corrected chi connectivity index (χ4v) is 4.89. The highest BCUT2D eigenvalue weighted by atomic mass is 32.2. The van der Waals surface area contributed by atoms with Crippen LogP contribution < -0.4 is 15.4 Å². The number of nitrogens with one attached hydrogen (secondary N) is 2. The lowest BCUT2D eigenvalue weighted by Gasteiger charge is -2.08. The number of fused-ring (bicyclic) bond motifs is 2. The molecule has 1 heterocycles. The third-order valence-electron chi connectivity index (χ3n) is 5.67. The largest absolute Gasteiger partial charge is 0.497 e. The van der Waals surface area contributed by atoms with Crippen molar-refractivity contribution in [3.05, 3.63) is 84.4 Å². The molecule has 0 radical (unpaired) electrons. The van der Waals surface area contributed by atoms with Crippen LogP contribution in [0.4, 0.5) is 5.69 Å². The van der Waals surface area contributed by atoms with Crippen LogP contribution in [0.1, 0.15) is 12.0 Å². The first kappa shape index (κ1) is 22.6. The van der Waals surface area contributed by atoms with Gasteiger partial charge in [-0.25, -0.2) is 0 Å². The SMILES string of the molecule is COc1ccc(NC(=O)CC2S/C(=N/N=C/c3c4ccccc4cc4ccccc34)NC2=O)cc1. The molecule has 1 aliphatic heterocycles. The van der Waals surface area contributed by atoms with Crippen molar-refractivity contribution in [2.24, 2.45) is 10.2 Å². The molecule has 2 N–H and O–H groups in total. The summed E-state index contributed by atoms with van der Waals surface area (Å²) in [5, 5.41) is 18.2. The number of amides is 2. The Morgan fingerprint density at radius 3 is 2.34 bits per heavy atom. The van der Waals surface area contributed by atoms with E-state index in [4.69, 9.17) is 4.74 Å². The van der Waals surface area contributed by atoms with Crippen LogP contribution >= 0.6 is 11.8 Å². The van der Waals surface area contributed by atoms with E-state index in [0.29, 0.717) is 16.6 Å². The average molecular weight is 483 g/mol. The van der Waals surface area contributed by atoms with Crippen LogP contribution in [-0.2, 0) is 9.59 Å². The minimum Gasteiger partial charge on any atom is -0.497 e. The molecule has 174 valence electrons. The number of hydrogen-bond donors (Lipinski definition) is 2. The molecule has 4 aromatic rings. The summed E-state index contributed by atoms with van der Waals surface area (Å²) in [4.78, 5) is 24.8. The monoisotopic (exact) mass is 482 g/mol. The highest BCUT2D eigenvalue weighted by molar-refractivity contribution is 8.15. The Hall–Kier alpha value is -4.17. The van der Waals surface area contributed by atoms with Gasteiger partial charge in [-0.2, -0.15) is 5.10 Å². The Bertz CT molecular complexity index is 1430. The molecule has 35 heavy (non-hydrogen) atoms. The van der Waals surface area contributed by atoms with E-state index in [1.54, 1.807) is 37.6 Å². The summed E-state index contributed by atoms with van der Waals surface area (Å²) in [6, 6.07) is 25.4. The van der Waals surface area contributed by atoms with Crippen molar-refractivity contribution in [1.29, 1.82) is 0 Å². The third kappa shape index (κ3) is 5.02. The first-order valence-electron chi connectivity index (χ1n) is 11.0. The van der Waals surface area contributed by atoms with Gasteiger partial charge in [-0.1, -0.05) is 60.3 Å². The fraction of sp³-hybridized carbons (Fsp3) is 0.111. The molecular weight excluding hydrogens is 460 g/mol. The van der Waals surface area contributed by atoms with Gasteiger partial charge < -0.3 is 15.4 Å². The van der Waals surface area contributed by atoms with E-state index in [1.165, 1.54) is 11.8 Å². The second-order valence-electron chi connectivity index (χ2n) is 7.96. The van der Waals surface area contributed by atoms with Crippen molar-refractivity contribution in [2.75, 3.05) is 12.4 Å². The number of methoxy groups -OCH3 is 1. The van der Waals surface area contributed by atoms with Gasteiger partial charge in [0.15, 0.2) is 5.17 Å². The molecule has 0 saturated carbocycles. The van der Waals surface area contributed by atoms with Gasteiger partial charge in [0.25, 0.3) is 0 Å². The molecule has 2 amide bonds. The van der Waals surface area contributed by atoms with E-state index < -0.39 is 5.25 Å². The normalized spacial score (nSPS) is 16.8. The molecule has 1 atom stereocenters. The lowest BCUT2D eigenvalue weighted by Crippen LogP contribution is -2.28. The third-order valence-corrected chi connectivity index (χ3v) is 6.74. The predicted octanol–water partition coefficient (Wildman–Crippen LogP) is 4.95. The standard InChI is InChI=1S/C27H22N4O3S/c1-34-20-12-10-19(11-13-20)29-25(32)15-24-26(33)30-27(35-24)31-28-16-23-21-8-4-2-6-17(21)14-18-7-3-5-9-22(18)23/h2-14,16,24H,15H2,1H3,(H,29,32)(H,30,31,33)/b28-16+. The topological polar surface area (TPSA) is 92.2 Å². The van der Waals surface area contributed by atoms with E-state index in [-0.39, 0.29) is 18.2 Å². The molecular formula is C27H22N4O3S. The lowest BCUT2D eigenvalue weighted by molar-refractivity contribution is -0.122. The maximum absolute atomic E-state index is 12.4. The van der Waals surface area contributed by atoms with Crippen molar-refractivity contribution < 1.29 is 14.3 Å². The molecule has 0 aromatic heterocycles. The van der Waals surface area contributed by atoms with E-state index in [1.807, 2.05) is 24.3 Å². The van der Waals surface area contributed by atoms with Crippen molar-refractivity contribution in [3.8, 4) is 5.75 Å². The second-order valence-corrected chi connectivity index (χ2v) is 9.15. The zero-order chi connectivity index (χ0) is 24.2. The second kappa shape index (κ2) is 9.99. The van der Waals surface area contributed by atoms with Crippen molar-refractivity contribution in [3.63, 3.8) is 0 Å². The Morgan fingerprint density at radius 1 is 1.03 bits per heavy atom. The van der Waals surface area contributed by atoms with Crippen LogP contribution in [0.15, 0.2) is 89.1 Å². The molecule has 8 heteroatoms. The number of nitrogens with zero attached hydrogens (tertiary/aromatic N) is 2. The average Bonchev–Trinajstić information content (AvgIpc) is 3.22. The Labute approximate surface area is 206 Å². The Morgan fingerprint density at radius 2 is 1.69 bits per heavy atom. The number of benzene rings is 4. The highest BCUT2D eigenvalue weighted by Gasteiger charge is 2.32. The number of anilines is 1. The van der Waals surface area contributed by atoms with Gasteiger partial charge >= 0.3 is 0 Å². The molecule has 4 aromatic carbocycles. The summed E-state index contributed by atoms with van der Waals surface area (Å²) < 4.78 is 5.12. The van der Waals surface area contributed by atoms with E-state index in [0.717, 1.165) is 27.1 Å². The maximum atomic E-state index is 12.4. The van der Waals surface area contributed by atoms with Gasteiger partial charge in [0.2, 0.25) is 11.8 Å². The number of thioether (sulfide) groups is 1. The smallest absolute Gasteiger partial charge is 0.240 e. The van der Waals surface area contributed by atoms with E-state index in [9.17, 15) is 9.59 Å². The molecule has 5 rings (SSSR count). The van der Waals surface area contributed by atoms with Gasteiger partial charge in [0.05, 0.1) is 13.3 Å². The number of amidine groups is 1.